The molecule has 13 heavy (non-hydrogen) atoms. The molecule has 0 spiro atoms. The molecule has 0 radical (unpaired) electrons. The van der Waals surface area contributed by atoms with E-state index in [4.69, 9.17) is 0 Å². The molecular weight excluding hydrogens is 167 g/mol. The van der Waals surface area contributed by atoms with Crippen LogP contribution in [0.1, 0.15) is 42.9 Å². The largest absolute Gasteiger partial charge is 0.388 e. The van der Waals surface area contributed by atoms with Crippen LogP contribution >= 0.6 is 0 Å². The Kier molecular flexibility index (Phi) is 2.08. The molecule has 70 valence electrons. The molecule has 0 saturated carbocycles. The van der Waals surface area contributed by atoms with E-state index in [-0.39, 0.29) is 5.82 Å². The lowest BCUT2D eigenvalue weighted by Crippen LogP contribution is -2.12. The summed E-state index contributed by atoms with van der Waals surface area (Å²) >= 11 is 0. The number of fused-ring (bicyclic) bond motifs is 1. The first kappa shape index (κ1) is 8.70. The summed E-state index contributed by atoms with van der Waals surface area (Å²) in [6.45, 7) is 2.11. The predicted octanol–water partition coefficient (Wildman–Crippen LogP) is 2.76. The lowest BCUT2D eigenvalue weighted by atomic mass is 9.82. The van der Waals surface area contributed by atoms with Gasteiger partial charge in [0, 0.05) is 0 Å². The number of aliphatic hydroxyl groups is 1. The fraction of sp³-hybridized carbons (Fsp3) is 0.455. The van der Waals surface area contributed by atoms with Gasteiger partial charge >= 0.3 is 0 Å². The molecule has 2 heteroatoms. The molecule has 1 nitrogen and oxygen atoms in total. The average molecular weight is 180 g/mol. The van der Waals surface area contributed by atoms with Gasteiger partial charge in [0.1, 0.15) is 5.82 Å². The van der Waals surface area contributed by atoms with Gasteiger partial charge in [0.2, 0.25) is 0 Å². The summed E-state index contributed by atoms with van der Waals surface area (Å²) in [5.41, 5.74) is 1.87. The van der Waals surface area contributed by atoms with Gasteiger partial charge in [0.15, 0.2) is 0 Å². The quantitative estimate of drug-likeness (QED) is 0.650. The fourth-order valence-corrected chi connectivity index (χ4v) is 2.00. The highest BCUT2D eigenvalue weighted by atomic mass is 19.1. The van der Waals surface area contributed by atoms with E-state index in [0.717, 1.165) is 24.0 Å². The minimum atomic E-state index is -0.470. The maximum atomic E-state index is 12.9. The van der Waals surface area contributed by atoms with E-state index in [0.29, 0.717) is 5.92 Å². The van der Waals surface area contributed by atoms with Crippen molar-refractivity contribution in [2.75, 3.05) is 0 Å². The topological polar surface area (TPSA) is 20.2 Å². The van der Waals surface area contributed by atoms with Crippen molar-refractivity contribution in [2.24, 2.45) is 0 Å². The van der Waals surface area contributed by atoms with E-state index in [1.165, 1.54) is 12.1 Å². The Hall–Kier alpha value is -0.890. The Morgan fingerprint density at radius 2 is 2.08 bits per heavy atom. The zero-order valence-electron chi connectivity index (χ0n) is 7.63. The summed E-state index contributed by atoms with van der Waals surface area (Å²) in [6.07, 6.45) is 1.26. The molecule has 1 N–H and O–H groups in total. The monoisotopic (exact) mass is 180 g/mol. The van der Waals surface area contributed by atoms with Gasteiger partial charge in [-0.2, -0.15) is 0 Å². The molecule has 1 aromatic carbocycles. The van der Waals surface area contributed by atoms with Crippen molar-refractivity contribution in [1.29, 1.82) is 0 Å². The van der Waals surface area contributed by atoms with Crippen molar-refractivity contribution < 1.29 is 9.50 Å². The standard InChI is InChI=1S/C11H13FO/c1-7-2-5-11(13)10-6-8(12)3-4-9(7)10/h3-4,6-7,11,13H,2,5H2,1H3. The molecule has 0 aromatic heterocycles. The van der Waals surface area contributed by atoms with Gasteiger partial charge in [-0.15, -0.1) is 0 Å². The Morgan fingerprint density at radius 1 is 1.31 bits per heavy atom. The molecule has 0 bridgehead atoms. The van der Waals surface area contributed by atoms with E-state index in [2.05, 4.69) is 6.92 Å². The van der Waals surface area contributed by atoms with E-state index in [9.17, 15) is 9.50 Å². The second-order valence-electron chi connectivity index (χ2n) is 3.77. The number of hydrogen-bond acceptors (Lipinski definition) is 1. The smallest absolute Gasteiger partial charge is 0.123 e. The first-order valence-corrected chi connectivity index (χ1v) is 4.66. The third-order valence-electron chi connectivity index (χ3n) is 2.81. The molecule has 0 heterocycles. The van der Waals surface area contributed by atoms with Gasteiger partial charge in [-0.1, -0.05) is 13.0 Å². The Balaban J connectivity index is 2.50. The van der Waals surface area contributed by atoms with Crippen LogP contribution in [-0.2, 0) is 0 Å². The second-order valence-corrected chi connectivity index (χ2v) is 3.77. The van der Waals surface area contributed by atoms with Gasteiger partial charge in [-0.05, 0) is 42.0 Å². The van der Waals surface area contributed by atoms with Crippen LogP contribution in [0.3, 0.4) is 0 Å². The van der Waals surface area contributed by atoms with Crippen molar-refractivity contribution in [2.45, 2.75) is 31.8 Å². The van der Waals surface area contributed by atoms with Crippen LogP contribution in [0.4, 0.5) is 4.39 Å². The summed E-state index contributed by atoms with van der Waals surface area (Å²) < 4.78 is 12.9. The molecule has 1 aliphatic carbocycles. The molecule has 1 aliphatic rings. The summed E-state index contributed by atoms with van der Waals surface area (Å²) in [5, 5.41) is 9.64. The average Bonchev–Trinajstić information content (AvgIpc) is 2.12. The van der Waals surface area contributed by atoms with E-state index < -0.39 is 6.10 Å². The molecule has 1 aromatic rings. The zero-order valence-corrected chi connectivity index (χ0v) is 7.63. The van der Waals surface area contributed by atoms with Crippen LogP contribution in [-0.4, -0.2) is 5.11 Å². The number of halogens is 1. The zero-order chi connectivity index (χ0) is 9.42. The summed E-state index contributed by atoms with van der Waals surface area (Å²) in [4.78, 5) is 0. The third-order valence-corrected chi connectivity index (χ3v) is 2.81. The number of aliphatic hydroxyl groups excluding tert-OH is 1. The number of hydrogen-bond donors (Lipinski definition) is 1. The fourth-order valence-electron chi connectivity index (χ4n) is 2.00. The second kappa shape index (κ2) is 3.11. The van der Waals surface area contributed by atoms with E-state index in [1.54, 1.807) is 6.07 Å². The van der Waals surface area contributed by atoms with Gasteiger partial charge in [0.25, 0.3) is 0 Å². The van der Waals surface area contributed by atoms with Crippen molar-refractivity contribution in [3.8, 4) is 0 Å². The van der Waals surface area contributed by atoms with E-state index >= 15 is 0 Å². The summed E-state index contributed by atoms with van der Waals surface area (Å²) in [5.74, 6) is 0.186. The highest BCUT2D eigenvalue weighted by Gasteiger charge is 2.23. The SMILES string of the molecule is CC1CCC(O)c2cc(F)ccc21. The van der Waals surface area contributed by atoms with Gasteiger partial charge in [0.05, 0.1) is 6.10 Å². The predicted molar refractivity (Wildman–Crippen MR) is 49.0 cm³/mol. The van der Waals surface area contributed by atoms with Crippen molar-refractivity contribution >= 4 is 0 Å². The molecular formula is C11H13FO. The minimum Gasteiger partial charge on any atom is -0.388 e. The number of rotatable bonds is 0. The maximum Gasteiger partial charge on any atom is 0.123 e. The van der Waals surface area contributed by atoms with Crippen LogP contribution in [0, 0.1) is 5.82 Å². The Bertz CT molecular complexity index is 322. The highest BCUT2D eigenvalue weighted by Crippen LogP contribution is 2.37. The van der Waals surface area contributed by atoms with Gasteiger partial charge < -0.3 is 5.11 Å². The highest BCUT2D eigenvalue weighted by molar-refractivity contribution is 5.34. The van der Waals surface area contributed by atoms with Crippen LogP contribution in [0.25, 0.3) is 0 Å². The normalized spacial score (nSPS) is 27.0. The van der Waals surface area contributed by atoms with Gasteiger partial charge in [-0.3, -0.25) is 0 Å². The summed E-state index contributed by atoms with van der Waals surface area (Å²) in [7, 11) is 0. The van der Waals surface area contributed by atoms with Crippen LogP contribution < -0.4 is 0 Å². The lowest BCUT2D eigenvalue weighted by molar-refractivity contribution is 0.151. The molecule has 2 unspecified atom stereocenters. The maximum absolute atomic E-state index is 12.9. The Labute approximate surface area is 77.2 Å². The lowest BCUT2D eigenvalue weighted by Gasteiger charge is -2.26. The minimum absolute atomic E-state index is 0.257. The molecule has 0 aliphatic heterocycles. The van der Waals surface area contributed by atoms with Crippen molar-refractivity contribution in [3.05, 3.63) is 35.1 Å². The van der Waals surface area contributed by atoms with Crippen LogP contribution in [0.5, 0.6) is 0 Å². The summed E-state index contributed by atoms with van der Waals surface area (Å²) in [6, 6.07) is 4.71. The van der Waals surface area contributed by atoms with Gasteiger partial charge in [-0.25, -0.2) is 4.39 Å². The third kappa shape index (κ3) is 1.46. The Morgan fingerprint density at radius 3 is 2.85 bits per heavy atom. The molecule has 2 atom stereocenters. The van der Waals surface area contributed by atoms with E-state index in [1.807, 2.05) is 0 Å². The van der Waals surface area contributed by atoms with Crippen LogP contribution in [0.2, 0.25) is 0 Å². The molecule has 0 fully saturated rings. The van der Waals surface area contributed by atoms with Crippen molar-refractivity contribution in [1.82, 2.24) is 0 Å². The van der Waals surface area contributed by atoms with Crippen LogP contribution in [0.15, 0.2) is 18.2 Å². The molecule has 0 saturated heterocycles. The molecule has 0 amide bonds. The molecule has 2 rings (SSSR count). The first-order chi connectivity index (χ1) is 6.18. The first-order valence-electron chi connectivity index (χ1n) is 4.66. The number of benzene rings is 1. The van der Waals surface area contributed by atoms with Crippen molar-refractivity contribution in [3.63, 3.8) is 0 Å².